The SMILES string of the molecule is Cc1cccc(NC(=O)C2CC(=O)N(C)C(=Nc3ccc4c(c3)OCO4)S2)c1. The Morgan fingerprint density at radius 2 is 2.04 bits per heavy atom. The summed E-state index contributed by atoms with van der Waals surface area (Å²) in [5, 5.41) is 2.81. The van der Waals surface area contributed by atoms with Crippen LogP contribution in [0.25, 0.3) is 0 Å². The van der Waals surface area contributed by atoms with Crippen LogP contribution in [0.1, 0.15) is 12.0 Å². The number of thioether (sulfide) groups is 1. The third-order valence-corrected chi connectivity index (χ3v) is 5.67. The quantitative estimate of drug-likeness (QED) is 0.859. The van der Waals surface area contributed by atoms with Crippen molar-refractivity contribution in [1.29, 1.82) is 0 Å². The smallest absolute Gasteiger partial charge is 0.238 e. The lowest BCUT2D eigenvalue weighted by atomic mass is 10.2. The van der Waals surface area contributed by atoms with Crippen LogP contribution < -0.4 is 14.8 Å². The van der Waals surface area contributed by atoms with E-state index in [1.54, 1.807) is 25.2 Å². The Balaban J connectivity index is 1.53. The number of amidine groups is 1. The number of fused-ring (bicyclic) bond motifs is 1. The van der Waals surface area contributed by atoms with Crippen molar-refractivity contribution in [2.75, 3.05) is 19.2 Å². The highest BCUT2D eigenvalue weighted by molar-refractivity contribution is 8.15. The molecule has 1 saturated heterocycles. The van der Waals surface area contributed by atoms with E-state index in [1.807, 2.05) is 31.2 Å². The van der Waals surface area contributed by atoms with Gasteiger partial charge in [-0.05, 0) is 36.8 Å². The molecule has 2 aliphatic heterocycles. The van der Waals surface area contributed by atoms with Crippen LogP contribution in [0.5, 0.6) is 11.5 Å². The maximum absolute atomic E-state index is 12.7. The Kier molecular flexibility index (Phi) is 4.95. The number of carbonyl (C=O) groups is 2. The van der Waals surface area contributed by atoms with Gasteiger partial charge >= 0.3 is 0 Å². The van der Waals surface area contributed by atoms with Gasteiger partial charge in [0.15, 0.2) is 16.7 Å². The normalized spacial score (nSPS) is 19.8. The average molecular weight is 397 g/mol. The van der Waals surface area contributed by atoms with Gasteiger partial charge in [0.2, 0.25) is 18.6 Å². The van der Waals surface area contributed by atoms with Gasteiger partial charge < -0.3 is 14.8 Å². The first kappa shape index (κ1) is 18.4. The predicted octanol–water partition coefficient (Wildman–Crippen LogP) is 3.31. The minimum atomic E-state index is -0.544. The number of aryl methyl sites for hydroxylation is 1. The lowest BCUT2D eigenvalue weighted by Gasteiger charge is -2.28. The maximum atomic E-state index is 12.7. The molecule has 0 aliphatic carbocycles. The molecule has 2 heterocycles. The van der Waals surface area contributed by atoms with Crippen LogP contribution in [0.15, 0.2) is 47.5 Å². The molecule has 0 spiro atoms. The Morgan fingerprint density at radius 3 is 2.86 bits per heavy atom. The highest BCUT2D eigenvalue weighted by Crippen LogP contribution is 2.36. The lowest BCUT2D eigenvalue weighted by molar-refractivity contribution is -0.128. The predicted molar refractivity (Wildman–Crippen MR) is 108 cm³/mol. The molecular formula is C20H19N3O4S. The Hall–Kier alpha value is -3.00. The van der Waals surface area contributed by atoms with E-state index in [0.29, 0.717) is 28.0 Å². The van der Waals surface area contributed by atoms with Gasteiger partial charge in [-0.25, -0.2) is 4.99 Å². The second-order valence-electron chi connectivity index (χ2n) is 6.55. The van der Waals surface area contributed by atoms with Crippen molar-refractivity contribution in [2.24, 2.45) is 4.99 Å². The molecule has 8 heteroatoms. The molecule has 28 heavy (non-hydrogen) atoms. The lowest BCUT2D eigenvalue weighted by Crippen LogP contribution is -2.43. The van der Waals surface area contributed by atoms with E-state index in [-0.39, 0.29) is 25.0 Å². The van der Waals surface area contributed by atoms with Crippen molar-refractivity contribution in [3.05, 3.63) is 48.0 Å². The Morgan fingerprint density at radius 1 is 1.21 bits per heavy atom. The minimum Gasteiger partial charge on any atom is -0.454 e. The zero-order valence-corrected chi connectivity index (χ0v) is 16.3. The van der Waals surface area contributed by atoms with Gasteiger partial charge in [-0.15, -0.1) is 0 Å². The van der Waals surface area contributed by atoms with E-state index < -0.39 is 5.25 Å². The van der Waals surface area contributed by atoms with Crippen molar-refractivity contribution < 1.29 is 19.1 Å². The van der Waals surface area contributed by atoms with Gasteiger partial charge in [0, 0.05) is 25.2 Å². The van der Waals surface area contributed by atoms with Crippen molar-refractivity contribution in [1.82, 2.24) is 4.90 Å². The summed E-state index contributed by atoms with van der Waals surface area (Å²) in [6.07, 6.45) is 0.124. The van der Waals surface area contributed by atoms with Crippen LogP contribution in [-0.4, -0.2) is 41.0 Å². The molecule has 1 unspecified atom stereocenters. The minimum absolute atomic E-state index is 0.124. The van der Waals surface area contributed by atoms with Crippen molar-refractivity contribution in [3.63, 3.8) is 0 Å². The standard InChI is InChI=1S/C20H19N3O4S/c1-12-4-3-5-13(8-12)21-19(25)17-10-18(24)23(2)20(28-17)22-14-6-7-15-16(9-14)27-11-26-15/h3-9,17H,10-11H2,1-2H3,(H,21,25). The summed E-state index contributed by atoms with van der Waals surface area (Å²) < 4.78 is 10.7. The van der Waals surface area contributed by atoms with Crippen LogP contribution in [0.4, 0.5) is 11.4 Å². The molecule has 2 amide bonds. The number of amides is 2. The number of anilines is 1. The fraction of sp³-hybridized carbons (Fsp3) is 0.250. The van der Waals surface area contributed by atoms with Crippen molar-refractivity contribution in [2.45, 2.75) is 18.6 Å². The summed E-state index contributed by atoms with van der Waals surface area (Å²) in [5.74, 6) is 0.920. The molecule has 4 rings (SSSR count). The molecule has 144 valence electrons. The molecule has 2 aliphatic rings. The number of rotatable bonds is 3. The van der Waals surface area contributed by atoms with Crippen LogP contribution in [0.2, 0.25) is 0 Å². The number of hydrogen-bond acceptors (Lipinski definition) is 6. The molecule has 7 nitrogen and oxygen atoms in total. The third-order valence-electron chi connectivity index (χ3n) is 4.43. The molecule has 0 aromatic heterocycles. The second-order valence-corrected chi connectivity index (χ2v) is 7.72. The number of hydrogen-bond donors (Lipinski definition) is 1. The van der Waals surface area contributed by atoms with Crippen LogP contribution >= 0.6 is 11.8 Å². The zero-order valence-electron chi connectivity index (χ0n) is 15.5. The third kappa shape index (κ3) is 3.82. The van der Waals surface area contributed by atoms with Crippen LogP contribution in [0.3, 0.4) is 0 Å². The van der Waals surface area contributed by atoms with Gasteiger partial charge in [0.1, 0.15) is 5.25 Å². The van der Waals surface area contributed by atoms with Gasteiger partial charge in [-0.3, -0.25) is 14.5 Å². The van der Waals surface area contributed by atoms with Crippen molar-refractivity contribution in [3.8, 4) is 11.5 Å². The molecule has 2 aromatic rings. The molecular weight excluding hydrogens is 378 g/mol. The van der Waals surface area contributed by atoms with E-state index in [2.05, 4.69) is 10.3 Å². The molecule has 1 fully saturated rings. The van der Waals surface area contributed by atoms with Crippen LogP contribution in [-0.2, 0) is 9.59 Å². The number of ether oxygens (including phenoxy) is 2. The Labute approximate surface area is 166 Å². The van der Waals surface area contributed by atoms with E-state index in [0.717, 1.165) is 5.56 Å². The molecule has 1 atom stereocenters. The topological polar surface area (TPSA) is 80.2 Å². The molecule has 1 N–H and O–H groups in total. The number of nitrogens with zero attached hydrogens (tertiary/aromatic N) is 2. The maximum Gasteiger partial charge on any atom is 0.238 e. The molecule has 0 radical (unpaired) electrons. The fourth-order valence-corrected chi connectivity index (χ4v) is 3.97. The average Bonchev–Trinajstić information content (AvgIpc) is 3.13. The number of aliphatic imine (C=N–C) groups is 1. The summed E-state index contributed by atoms with van der Waals surface area (Å²) in [6, 6.07) is 12.9. The van der Waals surface area contributed by atoms with E-state index in [4.69, 9.17) is 9.47 Å². The van der Waals surface area contributed by atoms with Gasteiger partial charge in [-0.2, -0.15) is 0 Å². The fourth-order valence-electron chi connectivity index (χ4n) is 2.91. The second kappa shape index (κ2) is 7.55. The highest BCUT2D eigenvalue weighted by atomic mass is 32.2. The highest BCUT2D eigenvalue weighted by Gasteiger charge is 2.34. The monoisotopic (exact) mass is 397 g/mol. The van der Waals surface area contributed by atoms with Gasteiger partial charge in [0.25, 0.3) is 0 Å². The summed E-state index contributed by atoms with van der Waals surface area (Å²) in [4.78, 5) is 31.1. The summed E-state index contributed by atoms with van der Waals surface area (Å²) in [7, 11) is 1.66. The first-order valence-corrected chi connectivity index (χ1v) is 9.66. The number of carbonyl (C=O) groups excluding carboxylic acids is 2. The largest absolute Gasteiger partial charge is 0.454 e. The Bertz CT molecular complexity index is 976. The first-order valence-electron chi connectivity index (χ1n) is 8.79. The number of benzene rings is 2. The van der Waals surface area contributed by atoms with E-state index in [9.17, 15) is 9.59 Å². The number of nitrogens with one attached hydrogen (secondary N) is 1. The summed E-state index contributed by atoms with van der Waals surface area (Å²) in [6.45, 7) is 2.14. The summed E-state index contributed by atoms with van der Waals surface area (Å²) in [5.41, 5.74) is 2.40. The molecule has 0 saturated carbocycles. The molecule has 2 aromatic carbocycles. The van der Waals surface area contributed by atoms with Crippen LogP contribution in [0, 0.1) is 6.92 Å². The zero-order chi connectivity index (χ0) is 19.7. The van der Waals surface area contributed by atoms with Gasteiger partial charge in [0.05, 0.1) is 5.69 Å². The van der Waals surface area contributed by atoms with Crippen molar-refractivity contribution >= 4 is 40.1 Å². The van der Waals surface area contributed by atoms with Gasteiger partial charge in [-0.1, -0.05) is 23.9 Å². The summed E-state index contributed by atoms with van der Waals surface area (Å²) >= 11 is 1.27. The molecule has 0 bridgehead atoms. The first-order chi connectivity index (χ1) is 13.5. The van der Waals surface area contributed by atoms with E-state index in [1.165, 1.54) is 16.7 Å². The van der Waals surface area contributed by atoms with E-state index >= 15 is 0 Å².